The summed E-state index contributed by atoms with van der Waals surface area (Å²) in [7, 11) is 1.69. The van der Waals surface area contributed by atoms with E-state index < -0.39 is 0 Å². The van der Waals surface area contributed by atoms with Crippen LogP contribution in [-0.2, 0) is 20.8 Å². The molecule has 0 bridgehead atoms. The average Bonchev–Trinajstić information content (AvgIpc) is 2.94. The predicted octanol–water partition coefficient (Wildman–Crippen LogP) is 2.16. The van der Waals surface area contributed by atoms with Crippen LogP contribution < -0.4 is 5.32 Å². The zero-order valence-corrected chi connectivity index (χ0v) is 13.3. The average molecular weight is 299 g/mol. The van der Waals surface area contributed by atoms with Gasteiger partial charge >= 0.3 is 0 Å². The first-order valence-corrected chi connectivity index (χ1v) is 7.78. The van der Waals surface area contributed by atoms with Crippen molar-refractivity contribution < 1.29 is 14.2 Å². The van der Waals surface area contributed by atoms with E-state index in [2.05, 4.69) is 14.9 Å². The maximum atomic E-state index is 5.45. The van der Waals surface area contributed by atoms with Crippen molar-refractivity contribution >= 4 is 5.95 Å². The SMILES string of the molecule is CCOCCCNc1nccn1CCCCOCCOC. The standard InChI is InChI=1S/C15H29N3O3/c1-3-20-12-6-7-16-15-17-8-10-18(15)9-4-5-11-21-14-13-19-2/h8,10H,3-7,9,11-14H2,1-2H3,(H,16,17). The molecule has 0 atom stereocenters. The number of aryl methyl sites for hydroxylation is 1. The Balaban J connectivity index is 2.08. The molecule has 21 heavy (non-hydrogen) atoms. The van der Waals surface area contributed by atoms with Crippen LogP contribution in [0.4, 0.5) is 5.95 Å². The van der Waals surface area contributed by atoms with Crippen molar-refractivity contribution in [2.75, 3.05) is 52.0 Å². The van der Waals surface area contributed by atoms with Crippen molar-refractivity contribution in [3.8, 4) is 0 Å². The zero-order chi connectivity index (χ0) is 15.2. The van der Waals surface area contributed by atoms with E-state index in [1.807, 2.05) is 19.3 Å². The van der Waals surface area contributed by atoms with Crippen molar-refractivity contribution in [1.29, 1.82) is 0 Å². The molecule has 0 amide bonds. The second-order valence-electron chi connectivity index (χ2n) is 4.73. The van der Waals surface area contributed by atoms with E-state index >= 15 is 0 Å². The van der Waals surface area contributed by atoms with Gasteiger partial charge in [-0.15, -0.1) is 0 Å². The summed E-state index contributed by atoms with van der Waals surface area (Å²) in [5, 5.41) is 3.35. The smallest absolute Gasteiger partial charge is 0.202 e. The minimum Gasteiger partial charge on any atom is -0.382 e. The molecule has 1 N–H and O–H groups in total. The molecule has 0 saturated heterocycles. The van der Waals surface area contributed by atoms with E-state index in [1.54, 1.807) is 7.11 Å². The van der Waals surface area contributed by atoms with Crippen LogP contribution in [0.5, 0.6) is 0 Å². The maximum absolute atomic E-state index is 5.45. The second kappa shape index (κ2) is 12.6. The highest BCUT2D eigenvalue weighted by Gasteiger charge is 2.01. The van der Waals surface area contributed by atoms with Crippen LogP contribution in [0, 0.1) is 0 Å². The van der Waals surface area contributed by atoms with Crippen LogP contribution >= 0.6 is 0 Å². The number of hydrogen-bond acceptors (Lipinski definition) is 5. The number of ether oxygens (including phenoxy) is 3. The summed E-state index contributed by atoms with van der Waals surface area (Å²) in [6.07, 6.45) is 6.97. The fourth-order valence-corrected chi connectivity index (χ4v) is 1.91. The highest BCUT2D eigenvalue weighted by Crippen LogP contribution is 2.06. The Kier molecular flexibility index (Phi) is 10.8. The largest absolute Gasteiger partial charge is 0.382 e. The van der Waals surface area contributed by atoms with E-state index in [1.165, 1.54) is 0 Å². The molecule has 0 saturated carbocycles. The third kappa shape index (κ3) is 8.70. The minimum absolute atomic E-state index is 0.664. The van der Waals surface area contributed by atoms with Crippen molar-refractivity contribution in [2.24, 2.45) is 0 Å². The van der Waals surface area contributed by atoms with Gasteiger partial charge < -0.3 is 24.1 Å². The van der Waals surface area contributed by atoms with Crippen molar-refractivity contribution in [1.82, 2.24) is 9.55 Å². The van der Waals surface area contributed by atoms with Crippen LogP contribution in [0.25, 0.3) is 0 Å². The minimum atomic E-state index is 0.664. The van der Waals surface area contributed by atoms with Gasteiger partial charge in [0, 0.05) is 52.4 Å². The number of imidazole rings is 1. The Morgan fingerprint density at radius 3 is 2.76 bits per heavy atom. The van der Waals surface area contributed by atoms with E-state index in [0.717, 1.165) is 58.1 Å². The lowest BCUT2D eigenvalue weighted by molar-refractivity contribution is 0.0684. The Hall–Kier alpha value is -1.11. The Bertz CT molecular complexity index is 345. The topological polar surface area (TPSA) is 57.5 Å². The van der Waals surface area contributed by atoms with Crippen LogP contribution in [0.1, 0.15) is 26.2 Å². The molecule has 1 aromatic heterocycles. The molecule has 0 fully saturated rings. The molecule has 0 aliphatic rings. The number of nitrogens with one attached hydrogen (secondary N) is 1. The number of methoxy groups -OCH3 is 1. The van der Waals surface area contributed by atoms with Gasteiger partial charge in [-0.05, 0) is 26.2 Å². The number of aromatic nitrogens is 2. The van der Waals surface area contributed by atoms with E-state index in [0.29, 0.717) is 13.2 Å². The first-order valence-electron chi connectivity index (χ1n) is 7.78. The van der Waals surface area contributed by atoms with Crippen molar-refractivity contribution in [3.05, 3.63) is 12.4 Å². The van der Waals surface area contributed by atoms with Crippen LogP contribution in [-0.4, -0.2) is 56.2 Å². The fourth-order valence-electron chi connectivity index (χ4n) is 1.91. The highest BCUT2D eigenvalue weighted by molar-refractivity contribution is 5.25. The molecule has 6 nitrogen and oxygen atoms in total. The number of hydrogen-bond donors (Lipinski definition) is 1. The summed E-state index contributed by atoms with van der Waals surface area (Å²) in [6, 6.07) is 0. The normalized spacial score (nSPS) is 11.0. The van der Waals surface area contributed by atoms with Gasteiger partial charge in [0.1, 0.15) is 0 Å². The monoisotopic (exact) mass is 299 g/mol. The summed E-state index contributed by atoms with van der Waals surface area (Å²) in [5.41, 5.74) is 0. The van der Waals surface area contributed by atoms with E-state index in [4.69, 9.17) is 14.2 Å². The number of unbranched alkanes of at least 4 members (excludes halogenated alkanes) is 1. The lowest BCUT2D eigenvalue weighted by Crippen LogP contribution is -2.11. The Morgan fingerprint density at radius 2 is 1.95 bits per heavy atom. The first kappa shape index (κ1) is 17.9. The number of anilines is 1. The molecular weight excluding hydrogens is 270 g/mol. The predicted molar refractivity (Wildman–Crippen MR) is 83.8 cm³/mol. The summed E-state index contributed by atoms with van der Waals surface area (Å²) >= 11 is 0. The zero-order valence-electron chi connectivity index (χ0n) is 13.3. The Morgan fingerprint density at radius 1 is 1.10 bits per heavy atom. The van der Waals surface area contributed by atoms with Gasteiger partial charge in [-0.25, -0.2) is 4.98 Å². The molecule has 1 aromatic rings. The molecule has 1 rings (SSSR count). The second-order valence-corrected chi connectivity index (χ2v) is 4.73. The molecule has 0 radical (unpaired) electrons. The van der Waals surface area contributed by atoms with Gasteiger partial charge in [0.05, 0.1) is 13.2 Å². The molecular formula is C15H29N3O3. The summed E-state index contributed by atoms with van der Waals surface area (Å²) < 4.78 is 17.8. The number of nitrogens with zero attached hydrogens (tertiary/aromatic N) is 2. The Labute approximate surface area is 127 Å². The van der Waals surface area contributed by atoms with Gasteiger partial charge in [0.2, 0.25) is 5.95 Å². The lowest BCUT2D eigenvalue weighted by atomic mass is 10.3. The lowest BCUT2D eigenvalue weighted by Gasteiger charge is -2.10. The molecule has 0 unspecified atom stereocenters. The molecule has 0 aromatic carbocycles. The highest BCUT2D eigenvalue weighted by atomic mass is 16.5. The molecule has 122 valence electrons. The summed E-state index contributed by atoms with van der Waals surface area (Å²) in [5.74, 6) is 0.937. The van der Waals surface area contributed by atoms with E-state index in [-0.39, 0.29) is 0 Å². The van der Waals surface area contributed by atoms with Crippen LogP contribution in [0.3, 0.4) is 0 Å². The van der Waals surface area contributed by atoms with Crippen LogP contribution in [0.2, 0.25) is 0 Å². The number of rotatable bonds is 14. The van der Waals surface area contributed by atoms with Crippen LogP contribution in [0.15, 0.2) is 12.4 Å². The fraction of sp³-hybridized carbons (Fsp3) is 0.800. The summed E-state index contributed by atoms with van der Waals surface area (Å²) in [6.45, 7) is 7.56. The molecule has 1 heterocycles. The van der Waals surface area contributed by atoms with Gasteiger partial charge in [-0.3, -0.25) is 0 Å². The summed E-state index contributed by atoms with van der Waals surface area (Å²) in [4.78, 5) is 4.34. The van der Waals surface area contributed by atoms with Gasteiger partial charge in [0.15, 0.2) is 0 Å². The van der Waals surface area contributed by atoms with Crippen molar-refractivity contribution in [2.45, 2.75) is 32.7 Å². The van der Waals surface area contributed by atoms with Gasteiger partial charge in [-0.1, -0.05) is 0 Å². The third-order valence-corrected chi connectivity index (χ3v) is 3.04. The quantitative estimate of drug-likeness (QED) is 0.534. The van der Waals surface area contributed by atoms with Gasteiger partial charge in [0.25, 0.3) is 0 Å². The van der Waals surface area contributed by atoms with Gasteiger partial charge in [-0.2, -0.15) is 0 Å². The van der Waals surface area contributed by atoms with Crippen molar-refractivity contribution in [3.63, 3.8) is 0 Å². The molecule has 0 aliphatic carbocycles. The molecule has 0 aliphatic heterocycles. The first-order chi connectivity index (χ1) is 10.4. The third-order valence-electron chi connectivity index (χ3n) is 3.04. The van der Waals surface area contributed by atoms with E-state index in [9.17, 15) is 0 Å². The molecule has 0 spiro atoms. The maximum Gasteiger partial charge on any atom is 0.202 e. The molecule has 6 heteroatoms.